The highest BCUT2D eigenvalue weighted by atomic mass is 127. The molecule has 1 aromatic carbocycles. The summed E-state index contributed by atoms with van der Waals surface area (Å²) in [5.74, 6) is 0. The zero-order valence-electron chi connectivity index (χ0n) is 10.8. The maximum absolute atomic E-state index is 11.6. The number of rotatable bonds is 5. The second-order valence-electron chi connectivity index (χ2n) is 4.81. The molecule has 0 saturated heterocycles. The Hall–Kier alpha value is -0.900. The van der Waals surface area contributed by atoms with Crippen LogP contribution in [0.3, 0.4) is 0 Å². The number of nitro groups is 1. The molecule has 0 aliphatic carbocycles. The molecule has 0 amide bonds. The molecule has 0 unspecified atom stereocenters. The van der Waals surface area contributed by atoms with Gasteiger partial charge in [-0.05, 0) is 42.5 Å². The summed E-state index contributed by atoms with van der Waals surface area (Å²) in [5.41, 5.74) is 0.695. The van der Waals surface area contributed by atoms with E-state index in [-0.39, 0.29) is 12.2 Å². The van der Waals surface area contributed by atoms with E-state index in [1.165, 1.54) is 18.4 Å². The van der Waals surface area contributed by atoms with E-state index in [1.54, 1.807) is 19.9 Å². The Morgan fingerprint density at radius 3 is 2.42 bits per heavy atom. The highest BCUT2D eigenvalue weighted by molar-refractivity contribution is 14.1. The molecule has 1 aromatic rings. The summed E-state index contributed by atoms with van der Waals surface area (Å²) in [5, 5.41) is 13.6. The molecule has 0 spiro atoms. The Labute approximate surface area is 125 Å². The van der Waals surface area contributed by atoms with Crippen LogP contribution >= 0.6 is 22.6 Å². The minimum atomic E-state index is -3.18. The summed E-state index contributed by atoms with van der Waals surface area (Å²) in [6.07, 6.45) is 1.19. The molecule has 106 valence electrons. The van der Waals surface area contributed by atoms with Gasteiger partial charge in [0.2, 0.25) is 0 Å². The number of sulfone groups is 1. The van der Waals surface area contributed by atoms with E-state index in [2.05, 4.69) is 5.32 Å². The molecule has 0 heterocycles. The smallest absolute Gasteiger partial charge is 0.270 e. The number of nitro benzene ring substituents is 1. The van der Waals surface area contributed by atoms with Crippen molar-refractivity contribution in [3.05, 3.63) is 31.9 Å². The van der Waals surface area contributed by atoms with Gasteiger partial charge in [0, 0.05) is 34.2 Å². The molecule has 0 aliphatic rings. The van der Waals surface area contributed by atoms with Crippen molar-refractivity contribution in [1.29, 1.82) is 0 Å². The van der Waals surface area contributed by atoms with E-state index in [4.69, 9.17) is 0 Å². The van der Waals surface area contributed by atoms with Gasteiger partial charge < -0.3 is 5.32 Å². The number of benzene rings is 1. The third-order valence-corrected chi connectivity index (χ3v) is 5.92. The molecule has 0 aromatic heterocycles. The first-order chi connectivity index (χ1) is 8.54. The summed E-state index contributed by atoms with van der Waals surface area (Å²) in [6.45, 7) is 3.50. The van der Waals surface area contributed by atoms with Crippen molar-refractivity contribution in [2.24, 2.45) is 0 Å². The molecule has 1 rings (SSSR count). The van der Waals surface area contributed by atoms with Crippen molar-refractivity contribution in [2.45, 2.75) is 18.6 Å². The van der Waals surface area contributed by atoms with Crippen LogP contribution in [-0.2, 0) is 9.84 Å². The Kier molecular flexibility index (Phi) is 4.77. The van der Waals surface area contributed by atoms with Crippen LogP contribution in [-0.4, -0.2) is 30.9 Å². The predicted octanol–water partition coefficient (Wildman–Crippen LogP) is 2.43. The van der Waals surface area contributed by atoms with Crippen molar-refractivity contribution in [3.8, 4) is 0 Å². The van der Waals surface area contributed by atoms with E-state index >= 15 is 0 Å². The molecule has 8 heteroatoms. The first-order valence-corrected chi connectivity index (χ1v) is 8.39. The zero-order chi connectivity index (χ0) is 14.8. The lowest BCUT2D eigenvalue weighted by Gasteiger charge is -2.23. The number of anilines is 1. The van der Waals surface area contributed by atoms with Crippen LogP contribution in [0.2, 0.25) is 0 Å². The Morgan fingerprint density at radius 1 is 1.42 bits per heavy atom. The van der Waals surface area contributed by atoms with Gasteiger partial charge >= 0.3 is 0 Å². The Bertz CT molecular complexity index is 599. The lowest BCUT2D eigenvalue weighted by atomic mass is 10.2. The fourth-order valence-electron chi connectivity index (χ4n) is 1.20. The van der Waals surface area contributed by atoms with Crippen LogP contribution < -0.4 is 5.32 Å². The predicted molar refractivity (Wildman–Crippen MR) is 83.2 cm³/mol. The lowest BCUT2D eigenvalue weighted by Crippen LogP contribution is -2.38. The topological polar surface area (TPSA) is 89.3 Å². The van der Waals surface area contributed by atoms with E-state index in [0.29, 0.717) is 9.26 Å². The van der Waals surface area contributed by atoms with Gasteiger partial charge in [-0.2, -0.15) is 0 Å². The van der Waals surface area contributed by atoms with Gasteiger partial charge in [-0.3, -0.25) is 10.1 Å². The van der Waals surface area contributed by atoms with Gasteiger partial charge in [-0.25, -0.2) is 8.42 Å². The molecular formula is C11H15IN2O4S. The Balaban J connectivity index is 2.88. The second kappa shape index (κ2) is 5.61. The maximum atomic E-state index is 11.6. The third kappa shape index (κ3) is 4.03. The molecule has 0 saturated carbocycles. The second-order valence-corrected chi connectivity index (χ2v) is 8.62. The first-order valence-electron chi connectivity index (χ1n) is 5.42. The number of hydrogen-bond donors (Lipinski definition) is 1. The van der Waals surface area contributed by atoms with Crippen molar-refractivity contribution in [1.82, 2.24) is 0 Å². The number of non-ortho nitro benzene ring substituents is 1. The van der Waals surface area contributed by atoms with Crippen LogP contribution in [0.1, 0.15) is 13.8 Å². The van der Waals surface area contributed by atoms with E-state index < -0.39 is 19.5 Å². The van der Waals surface area contributed by atoms with Crippen LogP contribution in [0.15, 0.2) is 18.2 Å². The average molecular weight is 398 g/mol. The highest BCUT2D eigenvalue weighted by Gasteiger charge is 2.30. The molecule has 0 atom stereocenters. The summed E-state index contributed by atoms with van der Waals surface area (Å²) < 4.78 is 22.9. The maximum Gasteiger partial charge on any atom is 0.270 e. The fourth-order valence-corrected chi connectivity index (χ4v) is 2.22. The number of nitrogens with one attached hydrogen (secondary N) is 1. The van der Waals surface area contributed by atoms with E-state index in [0.717, 1.165) is 0 Å². The van der Waals surface area contributed by atoms with Crippen LogP contribution in [0.5, 0.6) is 0 Å². The minimum absolute atomic E-state index is 0.0114. The van der Waals surface area contributed by atoms with Crippen molar-refractivity contribution in [3.63, 3.8) is 0 Å². The zero-order valence-corrected chi connectivity index (χ0v) is 13.8. The van der Waals surface area contributed by atoms with Crippen LogP contribution in [0, 0.1) is 13.7 Å². The van der Waals surface area contributed by atoms with E-state index in [1.807, 2.05) is 22.6 Å². The van der Waals surface area contributed by atoms with Crippen LogP contribution in [0.25, 0.3) is 0 Å². The average Bonchev–Trinajstić information content (AvgIpc) is 2.25. The summed E-state index contributed by atoms with van der Waals surface area (Å²) in [4.78, 5) is 10.1. The number of halogens is 1. The van der Waals surface area contributed by atoms with Gasteiger partial charge in [-0.15, -0.1) is 0 Å². The molecule has 0 aliphatic heterocycles. The van der Waals surface area contributed by atoms with E-state index in [9.17, 15) is 18.5 Å². The lowest BCUT2D eigenvalue weighted by molar-refractivity contribution is -0.384. The normalized spacial score (nSPS) is 12.2. The monoisotopic (exact) mass is 398 g/mol. The summed E-state index contributed by atoms with van der Waals surface area (Å²) in [7, 11) is -3.18. The molecular weight excluding hydrogens is 383 g/mol. The standard InChI is InChI=1S/C11H15IN2O4S/c1-11(2,19(3,17)18)7-13-10-5-4-8(14(15)16)6-9(10)12/h4-6,13H,7H2,1-3H3. The van der Waals surface area contributed by atoms with Gasteiger partial charge in [0.25, 0.3) is 5.69 Å². The fraction of sp³-hybridized carbons (Fsp3) is 0.455. The molecule has 0 bridgehead atoms. The van der Waals surface area contributed by atoms with Crippen LogP contribution in [0.4, 0.5) is 11.4 Å². The quantitative estimate of drug-likeness (QED) is 0.468. The van der Waals surface area contributed by atoms with Gasteiger partial charge in [-0.1, -0.05) is 0 Å². The minimum Gasteiger partial charge on any atom is -0.383 e. The van der Waals surface area contributed by atoms with Gasteiger partial charge in [0.05, 0.1) is 9.67 Å². The summed E-state index contributed by atoms with van der Waals surface area (Å²) >= 11 is 1.98. The molecule has 6 nitrogen and oxygen atoms in total. The Morgan fingerprint density at radius 2 is 2.00 bits per heavy atom. The molecule has 19 heavy (non-hydrogen) atoms. The molecule has 0 radical (unpaired) electrons. The van der Waals surface area contributed by atoms with Crippen molar-refractivity contribution < 1.29 is 13.3 Å². The van der Waals surface area contributed by atoms with Crippen molar-refractivity contribution >= 4 is 43.8 Å². The molecule has 0 fully saturated rings. The first kappa shape index (κ1) is 16.2. The number of nitrogens with zero attached hydrogens (tertiary/aromatic N) is 1. The molecule has 1 N–H and O–H groups in total. The van der Waals surface area contributed by atoms with Gasteiger partial charge in [0.15, 0.2) is 9.84 Å². The number of hydrogen-bond acceptors (Lipinski definition) is 5. The van der Waals surface area contributed by atoms with Gasteiger partial charge in [0.1, 0.15) is 0 Å². The SMILES string of the molecule is CC(C)(CNc1ccc([N+](=O)[O-])cc1I)S(C)(=O)=O. The third-order valence-electron chi connectivity index (χ3n) is 2.87. The van der Waals surface area contributed by atoms with Crippen molar-refractivity contribution in [2.75, 3.05) is 18.1 Å². The largest absolute Gasteiger partial charge is 0.383 e. The summed E-state index contributed by atoms with van der Waals surface area (Å²) in [6, 6.07) is 4.41. The highest BCUT2D eigenvalue weighted by Crippen LogP contribution is 2.25.